The third-order valence-electron chi connectivity index (χ3n) is 6.30. The maximum atomic E-state index is 12.5. The summed E-state index contributed by atoms with van der Waals surface area (Å²) < 4.78 is 1.92. The van der Waals surface area contributed by atoms with Crippen molar-refractivity contribution in [3.63, 3.8) is 0 Å². The van der Waals surface area contributed by atoms with Crippen LogP contribution >= 0.6 is 0 Å². The lowest BCUT2D eigenvalue weighted by atomic mass is 10.00. The number of hydrogen-bond acceptors (Lipinski definition) is 5. The Morgan fingerprint density at radius 1 is 1.00 bits per heavy atom. The molecule has 0 spiro atoms. The third kappa shape index (κ3) is 3.81. The van der Waals surface area contributed by atoms with Crippen LogP contribution in [0.4, 0.5) is 0 Å². The number of aromatic amines is 1. The van der Waals surface area contributed by atoms with Crippen molar-refractivity contribution in [3.05, 3.63) is 92.1 Å². The SMILES string of the molecule is Cc1cc2nc3c(=O)[nH]c(=O)nc-3n(CCNC(C)c3cccc4ccccc34)c2cc1C. The van der Waals surface area contributed by atoms with Gasteiger partial charge in [-0.05, 0) is 60.4 Å². The summed E-state index contributed by atoms with van der Waals surface area (Å²) in [4.78, 5) is 35.3. The molecule has 1 atom stereocenters. The molecule has 0 aromatic heterocycles. The monoisotopic (exact) mass is 439 g/mol. The lowest BCUT2D eigenvalue weighted by molar-refractivity contribution is 0.537. The topological polar surface area (TPSA) is 92.7 Å². The predicted octanol–water partition coefficient (Wildman–Crippen LogP) is 3.71. The van der Waals surface area contributed by atoms with Gasteiger partial charge < -0.3 is 9.88 Å². The number of fused-ring (bicyclic) bond motifs is 3. The third-order valence-corrected chi connectivity index (χ3v) is 6.30. The number of aryl methyl sites for hydroxylation is 2. The fourth-order valence-corrected chi connectivity index (χ4v) is 4.41. The molecule has 3 aromatic carbocycles. The summed E-state index contributed by atoms with van der Waals surface area (Å²) in [6, 6.07) is 18.8. The number of hydrogen-bond donors (Lipinski definition) is 2. The molecule has 2 heterocycles. The molecule has 0 saturated heterocycles. The zero-order chi connectivity index (χ0) is 23.1. The highest BCUT2D eigenvalue weighted by Gasteiger charge is 2.19. The van der Waals surface area contributed by atoms with Crippen LogP contribution in [-0.4, -0.2) is 26.1 Å². The normalized spacial score (nSPS) is 12.6. The first kappa shape index (κ1) is 21.0. The summed E-state index contributed by atoms with van der Waals surface area (Å²) in [7, 11) is 0. The lowest BCUT2D eigenvalue weighted by Crippen LogP contribution is -2.30. The highest BCUT2D eigenvalue weighted by atomic mass is 16.2. The molecule has 5 rings (SSSR count). The van der Waals surface area contributed by atoms with Crippen molar-refractivity contribution in [1.29, 1.82) is 0 Å². The second kappa shape index (κ2) is 8.26. The molecular formula is C26H25N5O2. The molecule has 3 aromatic rings. The number of H-pyrrole nitrogens is 1. The average molecular weight is 440 g/mol. The van der Waals surface area contributed by atoms with Gasteiger partial charge in [-0.1, -0.05) is 42.5 Å². The van der Waals surface area contributed by atoms with Crippen LogP contribution in [0.2, 0.25) is 0 Å². The van der Waals surface area contributed by atoms with E-state index in [1.54, 1.807) is 0 Å². The van der Waals surface area contributed by atoms with Crippen LogP contribution in [0.5, 0.6) is 0 Å². The van der Waals surface area contributed by atoms with Gasteiger partial charge in [-0.3, -0.25) is 9.78 Å². The first-order valence-electron chi connectivity index (χ1n) is 11.1. The Bertz CT molecular complexity index is 1580. The molecule has 0 aliphatic carbocycles. The maximum Gasteiger partial charge on any atom is 0.349 e. The van der Waals surface area contributed by atoms with E-state index in [0.717, 1.165) is 16.6 Å². The van der Waals surface area contributed by atoms with Gasteiger partial charge >= 0.3 is 5.69 Å². The minimum Gasteiger partial charge on any atom is -0.321 e. The van der Waals surface area contributed by atoms with Crippen molar-refractivity contribution >= 4 is 21.8 Å². The predicted molar refractivity (Wildman–Crippen MR) is 131 cm³/mol. The summed E-state index contributed by atoms with van der Waals surface area (Å²) in [5.74, 6) is 0.305. The van der Waals surface area contributed by atoms with Crippen molar-refractivity contribution < 1.29 is 0 Å². The van der Waals surface area contributed by atoms with Crippen LogP contribution in [-0.2, 0) is 6.54 Å². The molecule has 7 heteroatoms. The molecule has 2 aliphatic heterocycles. The van der Waals surface area contributed by atoms with Crippen molar-refractivity contribution in [2.24, 2.45) is 0 Å². The second-order valence-corrected chi connectivity index (χ2v) is 8.48. The highest BCUT2D eigenvalue weighted by molar-refractivity contribution is 5.86. The van der Waals surface area contributed by atoms with E-state index in [9.17, 15) is 9.59 Å². The van der Waals surface area contributed by atoms with Gasteiger partial charge in [0.1, 0.15) is 0 Å². The van der Waals surface area contributed by atoms with Crippen LogP contribution in [0.25, 0.3) is 33.3 Å². The molecule has 0 saturated carbocycles. The molecule has 0 fully saturated rings. The van der Waals surface area contributed by atoms with Gasteiger partial charge in [0.05, 0.1) is 11.0 Å². The Kier molecular flexibility index (Phi) is 5.26. The summed E-state index contributed by atoms with van der Waals surface area (Å²) in [5, 5.41) is 6.03. The van der Waals surface area contributed by atoms with Crippen molar-refractivity contribution in [1.82, 2.24) is 24.8 Å². The van der Waals surface area contributed by atoms with Crippen LogP contribution in [0.15, 0.2) is 64.2 Å². The van der Waals surface area contributed by atoms with Crippen molar-refractivity contribution in [3.8, 4) is 11.5 Å². The van der Waals surface area contributed by atoms with Gasteiger partial charge in [0.2, 0.25) is 0 Å². The first-order chi connectivity index (χ1) is 15.9. The van der Waals surface area contributed by atoms with E-state index in [2.05, 4.69) is 63.6 Å². The van der Waals surface area contributed by atoms with Crippen molar-refractivity contribution in [2.75, 3.05) is 6.54 Å². The van der Waals surface area contributed by atoms with E-state index in [1.807, 2.05) is 36.6 Å². The molecule has 2 aliphatic rings. The molecule has 7 nitrogen and oxygen atoms in total. The Balaban J connectivity index is 1.52. The fourth-order valence-electron chi connectivity index (χ4n) is 4.41. The minimum atomic E-state index is -0.664. The Hall–Kier alpha value is -3.84. The van der Waals surface area contributed by atoms with Gasteiger partial charge in [-0.25, -0.2) is 9.78 Å². The summed E-state index contributed by atoms with van der Waals surface area (Å²) in [5.41, 5.74) is 3.98. The Labute approximate surface area is 190 Å². The molecule has 1 unspecified atom stereocenters. The average Bonchev–Trinajstić information content (AvgIpc) is 2.80. The number of nitrogens with zero attached hydrogens (tertiary/aromatic N) is 3. The Morgan fingerprint density at radius 2 is 1.76 bits per heavy atom. The first-order valence-corrected chi connectivity index (χ1v) is 11.1. The largest absolute Gasteiger partial charge is 0.349 e. The van der Waals surface area contributed by atoms with Gasteiger partial charge in [0, 0.05) is 19.1 Å². The lowest BCUT2D eigenvalue weighted by Gasteiger charge is -2.20. The fraction of sp³-hybridized carbons (Fsp3) is 0.231. The van der Waals surface area contributed by atoms with Crippen LogP contribution in [0.3, 0.4) is 0 Å². The van der Waals surface area contributed by atoms with Crippen LogP contribution in [0.1, 0.15) is 29.7 Å². The zero-order valence-corrected chi connectivity index (χ0v) is 18.8. The van der Waals surface area contributed by atoms with E-state index in [0.29, 0.717) is 24.4 Å². The summed E-state index contributed by atoms with van der Waals surface area (Å²) >= 11 is 0. The summed E-state index contributed by atoms with van der Waals surface area (Å²) in [6.45, 7) is 7.35. The number of aromatic nitrogens is 4. The molecule has 0 bridgehead atoms. The van der Waals surface area contributed by atoms with E-state index in [1.165, 1.54) is 16.3 Å². The van der Waals surface area contributed by atoms with Crippen molar-refractivity contribution in [2.45, 2.75) is 33.4 Å². The zero-order valence-electron chi connectivity index (χ0n) is 18.8. The second-order valence-electron chi connectivity index (χ2n) is 8.48. The van der Waals surface area contributed by atoms with E-state index < -0.39 is 11.2 Å². The smallest absolute Gasteiger partial charge is 0.321 e. The van der Waals surface area contributed by atoms with E-state index in [4.69, 9.17) is 0 Å². The van der Waals surface area contributed by atoms with Crippen LogP contribution < -0.4 is 16.6 Å². The minimum absolute atomic E-state index is 0.117. The number of nitrogens with one attached hydrogen (secondary N) is 2. The molecule has 0 radical (unpaired) electrons. The highest BCUT2D eigenvalue weighted by Crippen LogP contribution is 2.25. The van der Waals surface area contributed by atoms with Gasteiger partial charge in [0.25, 0.3) is 5.56 Å². The molecule has 166 valence electrons. The van der Waals surface area contributed by atoms with Gasteiger partial charge in [0.15, 0.2) is 11.5 Å². The molecular weight excluding hydrogens is 414 g/mol. The maximum absolute atomic E-state index is 12.5. The number of rotatable bonds is 5. The molecule has 33 heavy (non-hydrogen) atoms. The molecule has 0 amide bonds. The summed E-state index contributed by atoms with van der Waals surface area (Å²) in [6.07, 6.45) is 0. The molecule has 2 N–H and O–H groups in total. The van der Waals surface area contributed by atoms with E-state index in [-0.39, 0.29) is 11.7 Å². The van der Waals surface area contributed by atoms with Gasteiger partial charge in [-0.15, -0.1) is 0 Å². The van der Waals surface area contributed by atoms with E-state index >= 15 is 0 Å². The quantitative estimate of drug-likeness (QED) is 0.407. The Morgan fingerprint density at radius 3 is 2.61 bits per heavy atom. The van der Waals surface area contributed by atoms with Crippen LogP contribution in [0, 0.1) is 13.8 Å². The number of benzene rings is 3. The standard InChI is InChI=1S/C26H25N5O2/c1-15-13-21-22(14-16(15)2)31(24-23(28-21)25(32)30-26(33)29-24)12-11-27-17(3)19-10-6-8-18-7-4-5-9-20(18)19/h4-10,13-14,17,27H,11-12H2,1-3H3,(H,30,32,33). The van der Waals surface area contributed by atoms with Gasteiger partial charge in [-0.2, -0.15) is 4.98 Å².